The number of fused-ring (bicyclic) bond motifs is 1. The lowest BCUT2D eigenvalue weighted by atomic mass is 10.1. The number of nitrogens with one attached hydrogen (secondary N) is 1. The molecule has 1 N–H and O–H groups in total. The molecule has 3 rings (SSSR count). The molecular formula is C13H17N5O. The zero-order chi connectivity index (χ0) is 13.6. The van der Waals surface area contributed by atoms with E-state index in [2.05, 4.69) is 15.3 Å². The second-order valence-corrected chi connectivity index (χ2v) is 5.25. The summed E-state index contributed by atoms with van der Waals surface area (Å²) < 4.78 is 1.96. The van der Waals surface area contributed by atoms with Gasteiger partial charge in [0.2, 0.25) is 5.91 Å². The summed E-state index contributed by atoms with van der Waals surface area (Å²) in [5, 5.41) is 3.37. The lowest BCUT2D eigenvalue weighted by molar-refractivity contribution is -0.132. The minimum Gasteiger partial charge on any atom is -0.320 e. The molecule has 0 radical (unpaired) electrons. The van der Waals surface area contributed by atoms with E-state index in [1.807, 2.05) is 36.3 Å². The van der Waals surface area contributed by atoms with Crippen LogP contribution in [0.3, 0.4) is 0 Å². The van der Waals surface area contributed by atoms with E-state index in [4.69, 9.17) is 0 Å². The lowest BCUT2D eigenvalue weighted by Gasteiger charge is -2.22. The highest BCUT2D eigenvalue weighted by Crippen LogP contribution is 2.30. The van der Waals surface area contributed by atoms with Crippen LogP contribution in [0.4, 0.5) is 0 Å². The third kappa shape index (κ3) is 1.71. The van der Waals surface area contributed by atoms with Crippen LogP contribution in [-0.2, 0) is 4.79 Å². The molecule has 1 fully saturated rings. The van der Waals surface area contributed by atoms with Gasteiger partial charge < -0.3 is 4.90 Å². The van der Waals surface area contributed by atoms with Crippen molar-refractivity contribution in [3.63, 3.8) is 0 Å². The lowest BCUT2D eigenvalue weighted by Crippen LogP contribution is -2.40. The highest BCUT2D eigenvalue weighted by atomic mass is 16.2. The minimum absolute atomic E-state index is 0.115. The fourth-order valence-corrected chi connectivity index (χ4v) is 2.58. The van der Waals surface area contributed by atoms with E-state index in [1.54, 1.807) is 18.6 Å². The number of carbonyl (C=O) groups excluding carboxylic acids is 1. The van der Waals surface area contributed by atoms with E-state index in [0.29, 0.717) is 6.54 Å². The third-order valence-corrected chi connectivity index (χ3v) is 3.57. The highest BCUT2D eigenvalue weighted by molar-refractivity contribution is 5.88. The SMILES string of the molecule is CCN1C(=O)C(C)(C)NC1c1cnc2cnccn12. The first kappa shape index (κ1) is 12.1. The van der Waals surface area contributed by atoms with Gasteiger partial charge in [0.15, 0.2) is 5.65 Å². The number of amides is 1. The minimum atomic E-state index is -0.544. The van der Waals surface area contributed by atoms with E-state index in [0.717, 1.165) is 11.3 Å². The summed E-state index contributed by atoms with van der Waals surface area (Å²) in [6.07, 6.45) is 6.94. The predicted molar refractivity (Wildman–Crippen MR) is 70.3 cm³/mol. The Hall–Kier alpha value is -1.95. The summed E-state index contributed by atoms with van der Waals surface area (Å²) in [5.74, 6) is 0.115. The summed E-state index contributed by atoms with van der Waals surface area (Å²) >= 11 is 0. The molecule has 1 aliphatic rings. The van der Waals surface area contributed by atoms with Gasteiger partial charge in [0.05, 0.1) is 23.6 Å². The number of nitrogens with zero attached hydrogens (tertiary/aromatic N) is 4. The maximum Gasteiger partial charge on any atom is 0.243 e. The fraction of sp³-hybridized carbons (Fsp3) is 0.462. The molecule has 19 heavy (non-hydrogen) atoms. The van der Waals surface area contributed by atoms with Crippen molar-refractivity contribution in [1.29, 1.82) is 0 Å². The Kier molecular flexibility index (Phi) is 2.56. The monoisotopic (exact) mass is 259 g/mol. The largest absolute Gasteiger partial charge is 0.320 e. The zero-order valence-corrected chi connectivity index (χ0v) is 11.3. The smallest absolute Gasteiger partial charge is 0.243 e. The van der Waals surface area contributed by atoms with E-state index < -0.39 is 5.54 Å². The molecule has 6 heteroatoms. The average molecular weight is 259 g/mol. The fourth-order valence-electron chi connectivity index (χ4n) is 2.58. The van der Waals surface area contributed by atoms with E-state index in [-0.39, 0.29) is 12.1 Å². The van der Waals surface area contributed by atoms with Gasteiger partial charge in [-0.25, -0.2) is 4.98 Å². The van der Waals surface area contributed by atoms with Gasteiger partial charge in [-0.05, 0) is 20.8 Å². The Morgan fingerprint density at radius 1 is 1.42 bits per heavy atom. The van der Waals surface area contributed by atoms with Crippen molar-refractivity contribution in [3.8, 4) is 0 Å². The van der Waals surface area contributed by atoms with Crippen molar-refractivity contribution < 1.29 is 4.79 Å². The highest BCUT2D eigenvalue weighted by Gasteiger charge is 2.45. The molecule has 0 aromatic carbocycles. The van der Waals surface area contributed by atoms with E-state index in [9.17, 15) is 4.79 Å². The Labute approximate surface area is 111 Å². The van der Waals surface area contributed by atoms with Gasteiger partial charge >= 0.3 is 0 Å². The number of rotatable bonds is 2. The first-order valence-corrected chi connectivity index (χ1v) is 6.40. The third-order valence-electron chi connectivity index (χ3n) is 3.57. The summed E-state index contributed by atoms with van der Waals surface area (Å²) in [7, 11) is 0. The Bertz CT molecular complexity index is 633. The Morgan fingerprint density at radius 3 is 2.95 bits per heavy atom. The normalized spacial score (nSPS) is 22.4. The summed E-state index contributed by atoms with van der Waals surface area (Å²) in [5.41, 5.74) is 1.20. The van der Waals surface area contributed by atoms with Crippen LogP contribution in [0.5, 0.6) is 0 Å². The number of aromatic nitrogens is 3. The molecule has 0 spiro atoms. The molecule has 0 aliphatic carbocycles. The zero-order valence-electron chi connectivity index (χ0n) is 11.3. The Balaban J connectivity index is 2.09. The molecule has 0 saturated carbocycles. The van der Waals surface area contributed by atoms with Gasteiger partial charge in [-0.15, -0.1) is 0 Å². The Morgan fingerprint density at radius 2 is 2.21 bits per heavy atom. The summed E-state index contributed by atoms with van der Waals surface area (Å²) in [6.45, 7) is 6.46. The van der Waals surface area contributed by atoms with Crippen LogP contribution >= 0.6 is 0 Å². The molecule has 2 aromatic rings. The van der Waals surface area contributed by atoms with E-state index in [1.165, 1.54) is 0 Å². The molecule has 1 atom stereocenters. The summed E-state index contributed by atoms with van der Waals surface area (Å²) in [6, 6.07) is 0. The topological polar surface area (TPSA) is 62.5 Å². The van der Waals surface area contributed by atoms with Crippen molar-refractivity contribution >= 4 is 11.6 Å². The quantitative estimate of drug-likeness (QED) is 0.872. The van der Waals surface area contributed by atoms with Crippen LogP contribution in [0.25, 0.3) is 5.65 Å². The number of likely N-dealkylation sites (N-methyl/N-ethyl adjacent to an activating group) is 1. The van der Waals surface area contributed by atoms with Crippen LogP contribution in [-0.4, -0.2) is 37.3 Å². The molecule has 1 aliphatic heterocycles. The molecule has 1 unspecified atom stereocenters. The summed E-state index contributed by atoms with van der Waals surface area (Å²) in [4.78, 5) is 22.5. The molecule has 1 saturated heterocycles. The second kappa shape index (κ2) is 4.03. The van der Waals surface area contributed by atoms with Gasteiger partial charge in [0, 0.05) is 18.9 Å². The van der Waals surface area contributed by atoms with Crippen molar-refractivity contribution in [1.82, 2.24) is 24.6 Å². The molecule has 3 heterocycles. The van der Waals surface area contributed by atoms with Crippen LogP contribution in [0, 0.1) is 0 Å². The van der Waals surface area contributed by atoms with Crippen LogP contribution in [0.1, 0.15) is 32.6 Å². The standard InChI is InChI=1S/C13H17N5O/c1-4-17-11(16-13(2,3)12(17)19)9-7-15-10-8-14-5-6-18(9)10/h5-8,11,16H,4H2,1-3H3. The van der Waals surface area contributed by atoms with Crippen molar-refractivity contribution in [2.75, 3.05) is 6.54 Å². The van der Waals surface area contributed by atoms with Gasteiger partial charge in [-0.3, -0.25) is 19.5 Å². The van der Waals surface area contributed by atoms with Gasteiger partial charge in [-0.2, -0.15) is 0 Å². The van der Waals surface area contributed by atoms with Crippen molar-refractivity contribution in [2.24, 2.45) is 0 Å². The predicted octanol–water partition coefficient (Wildman–Crippen LogP) is 0.958. The molecule has 0 bridgehead atoms. The first-order chi connectivity index (χ1) is 9.04. The maximum atomic E-state index is 12.3. The van der Waals surface area contributed by atoms with Gasteiger partial charge in [0.25, 0.3) is 0 Å². The van der Waals surface area contributed by atoms with Crippen molar-refractivity contribution in [3.05, 3.63) is 30.5 Å². The van der Waals surface area contributed by atoms with Gasteiger partial charge in [0.1, 0.15) is 6.17 Å². The second-order valence-electron chi connectivity index (χ2n) is 5.25. The average Bonchev–Trinajstić information content (AvgIpc) is 2.90. The number of carbonyl (C=O) groups is 1. The first-order valence-electron chi connectivity index (χ1n) is 6.40. The number of hydrogen-bond acceptors (Lipinski definition) is 4. The van der Waals surface area contributed by atoms with Crippen LogP contribution in [0.15, 0.2) is 24.8 Å². The molecule has 1 amide bonds. The van der Waals surface area contributed by atoms with Gasteiger partial charge in [-0.1, -0.05) is 0 Å². The van der Waals surface area contributed by atoms with E-state index >= 15 is 0 Å². The number of hydrogen-bond donors (Lipinski definition) is 1. The van der Waals surface area contributed by atoms with Crippen LogP contribution in [0.2, 0.25) is 0 Å². The maximum absolute atomic E-state index is 12.3. The molecule has 2 aromatic heterocycles. The number of imidazole rings is 1. The molecule has 6 nitrogen and oxygen atoms in total. The molecular weight excluding hydrogens is 242 g/mol. The molecule has 100 valence electrons. The van der Waals surface area contributed by atoms with Crippen LogP contribution < -0.4 is 5.32 Å². The van der Waals surface area contributed by atoms with Crippen molar-refractivity contribution in [2.45, 2.75) is 32.5 Å².